The van der Waals surface area contributed by atoms with E-state index in [1.165, 1.54) is 0 Å². The van der Waals surface area contributed by atoms with Gasteiger partial charge in [-0.1, -0.05) is 20.8 Å². The van der Waals surface area contributed by atoms with Gasteiger partial charge in [0.15, 0.2) is 0 Å². The van der Waals surface area contributed by atoms with E-state index in [0.29, 0.717) is 37.4 Å². The van der Waals surface area contributed by atoms with Crippen molar-refractivity contribution in [2.45, 2.75) is 83.8 Å². The zero-order valence-corrected chi connectivity index (χ0v) is 20.7. The molecule has 1 saturated heterocycles. The van der Waals surface area contributed by atoms with Gasteiger partial charge in [0.05, 0.1) is 18.3 Å². The van der Waals surface area contributed by atoms with E-state index >= 15 is 0 Å². The Morgan fingerprint density at radius 3 is 2.68 bits per heavy atom. The van der Waals surface area contributed by atoms with Gasteiger partial charge in [-0.25, -0.2) is 0 Å². The number of pyridine rings is 1. The maximum absolute atomic E-state index is 13.1. The summed E-state index contributed by atoms with van der Waals surface area (Å²) < 4.78 is 50.0. The number of rotatable bonds is 4. The van der Waals surface area contributed by atoms with E-state index in [1.54, 1.807) is 12.0 Å². The first kappa shape index (κ1) is 26.9. The van der Waals surface area contributed by atoms with Crippen LogP contribution in [0.2, 0.25) is 0 Å². The van der Waals surface area contributed by atoms with Crippen LogP contribution < -0.4 is 5.32 Å². The van der Waals surface area contributed by atoms with Gasteiger partial charge in [0.1, 0.15) is 0 Å². The highest BCUT2D eigenvalue weighted by molar-refractivity contribution is 5.79. The molecule has 0 bridgehead atoms. The standard InChI is InChI=1S/C21H28F3N3O3.C4H10/c1-29-19-12-30-7-5-18(19)26-16-3-2-13(9-16)20(28)27-6-4-17-14(11-27)8-15(10-25-17)21(22,23)24;1-4(2)3/h8,10,13,16,18-19,26H,2-7,9,11-12H2,1H3;4H,1-3H3. The van der Waals surface area contributed by atoms with Gasteiger partial charge < -0.3 is 19.7 Å². The number of amides is 1. The lowest BCUT2D eigenvalue weighted by atomic mass is 10.00. The van der Waals surface area contributed by atoms with Gasteiger partial charge in [-0.15, -0.1) is 0 Å². The fourth-order valence-electron chi connectivity index (χ4n) is 4.82. The topological polar surface area (TPSA) is 63.7 Å². The predicted octanol–water partition coefficient (Wildman–Crippen LogP) is 4.21. The maximum atomic E-state index is 13.1. The average Bonchev–Trinajstić information content (AvgIpc) is 3.25. The molecule has 0 radical (unpaired) electrons. The Kier molecular flexibility index (Phi) is 9.34. The number of nitrogens with one attached hydrogen (secondary N) is 1. The summed E-state index contributed by atoms with van der Waals surface area (Å²) in [7, 11) is 1.68. The van der Waals surface area contributed by atoms with Crippen molar-refractivity contribution in [3.05, 3.63) is 29.1 Å². The minimum Gasteiger partial charge on any atom is -0.379 e. The first-order valence-corrected chi connectivity index (χ1v) is 12.3. The molecule has 1 amide bonds. The molecule has 4 atom stereocenters. The van der Waals surface area contributed by atoms with E-state index < -0.39 is 11.7 Å². The second-order valence-electron chi connectivity index (χ2n) is 10.2. The molecule has 4 rings (SSSR count). The first-order chi connectivity index (χ1) is 16.1. The second kappa shape index (κ2) is 11.8. The third-order valence-corrected chi connectivity index (χ3v) is 6.52. The van der Waals surface area contributed by atoms with E-state index in [0.717, 1.165) is 43.9 Å². The van der Waals surface area contributed by atoms with Crippen molar-refractivity contribution in [2.24, 2.45) is 11.8 Å². The van der Waals surface area contributed by atoms with Gasteiger partial charge in [0.2, 0.25) is 5.91 Å². The van der Waals surface area contributed by atoms with Gasteiger partial charge in [0.25, 0.3) is 0 Å². The number of alkyl halides is 3. The van der Waals surface area contributed by atoms with E-state index in [2.05, 4.69) is 31.1 Å². The van der Waals surface area contributed by atoms with Crippen LogP contribution in [0, 0.1) is 11.8 Å². The highest BCUT2D eigenvalue weighted by Gasteiger charge is 2.37. The molecule has 9 heteroatoms. The molecular formula is C25H38F3N3O3. The average molecular weight is 486 g/mol. The molecule has 1 aliphatic carbocycles. The number of halogens is 3. The van der Waals surface area contributed by atoms with E-state index in [4.69, 9.17) is 9.47 Å². The summed E-state index contributed by atoms with van der Waals surface area (Å²) in [5, 5.41) is 3.64. The molecule has 6 nitrogen and oxygen atoms in total. The molecule has 192 valence electrons. The zero-order chi connectivity index (χ0) is 24.9. The molecule has 0 spiro atoms. The van der Waals surface area contributed by atoms with Gasteiger partial charge in [-0.3, -0.25) is 9.78 Å². The quantitative estimate of drug-likeness (QED) is 0.692. The minimum absolute atomic E-state index is 0.0161. The van der Waals surface area contributed by atoms with E-state index in [-0.39, 0.29) is 36.6 Å². The summed E-state index contributed by atoms with van der Waals surface area (Å²) in [5.74, 6) is 0.779. The van der Waals surface area contributed by atoms with Crippen molar-refractivity contribution in [1.82, 2.24) is 15.2 Å². The number of nitrogens with zero attached hydrogens (tertiary/aromatic N) is 2. The number of hydrogen-bond donors (Lipinski definition) is 1. The molecule has 3 aliphatic rings. The summed E-state index contributed by atoms with van der Waals surface area (Å²) >= 11 is 0. The molecule has 1 saturated carbocycles. The monoisotopic (exact) mass is 485 g/mol. The highest BCUT2D eigenvalue weighted by atomic mass is 19.4. The molecular weight excluding hydrogens is 447 g/mol. The molecule has 1 N–H and O–H groups in total. The Morgan fingerprint density at radius 2 is 2.00 bits per heavy atom. The van der Waals surface area contributed by atoms with Crippen molar-refractivity contribution in [2.75, 3.05) is 26.9 Å². The van der Waals surface area contributed by atoms with Crippen molar-refractivity contribution >= 4 is 5.91 Å². The third kappa shape index (κ3) is 7.15. The van der Waals surface area contributed by atoms with Crippen molar-refractivity contribution in [3.63, 3.8) is 0 Å². The Hall–Kier alpha value is -1.71. The SMILES string of the molecule is CC(C)C.COC1COCCC1NC1CCC(C(=O)N2CCc3ncc(C(F)(F)F)cc3C2)C1. The molecule has 2 aliphatic heterocycles. The van der Waals surface area contributed by atoms with Crippen LogP contribution >= 0.6 is 0 Å². The molecule has 2 fully saturated rings. The van der Waals surface area contributed by atoms with Gasteiger partial charge >= 0.3 is 6.18 Å². The minimum atomic E-state index is -4.43. The number of carbonyl (C=O) groups is 1. The van der Waals surface area contributed by atoms with Crippen LogP contribution in [0.25, 0.3) is 0 Å². The van der Waals surface area contributed by atoms with Crippen LogP contribution in [0.4, 0.5) is 13.2 Å². The van der Waals surface area contributed by atoms with Crippen LogP contribution in [0.1, 0.15) is 63.3 Å². The van der Waals surface area contributed by atoms with E-state index in [9.17, 15) is 18.0 Å². The first-order valence-electron chi connectivity index (χ1n) is 12.3. The van der Waals surface area contributed by atoms with Crippen LogP contribution in [0.3, 0.4) is 0 Å². The summed E-state index contributed by atoms with van der Waals surface area (Å²) in [4.78, 5) is 18.7. The lowest BCUT2D eigenvalue weighted by Crippen LogP contribution is -2.50. The lowest BCUT2D eigenvalue weighted by Gasteiger charge is -2.33. The Bertz CT molecular complexity index is 816. The largest absolute Gasteiger partial charge is 0.417 e. The Labute approximate surface area is 200 Å². The van der Waals surface area contributed by atoms with Crippen LogP contribution in [0.15, 0.2) is 12.3 Å². The third-order valence-electron chi connectivity index (χ3n) is 6.52. The number of carbonyl (C=O) groups excluding carboxylic acids is 1. The van der Waals surface area contributed by atoms with Crippen LogP contribution in [-0.2, 0) is 33.4 Å². The zero-order valence-electron chi connectivity index (χ0n) is 20.7. The smallest absolute Gasteiger partial charge is 0.379 e. The number of hydrogen-bond acceptors (Lipinski definition) is 5. The molecule has 0 aromatic carbocycles. The summed E-state index contributed by atoms with van der Waals surface area (Å²) in [5.41, 5.74) is 0.398. The summed E-state index contributed by atoms with van der Waals surface area (Å²) in [6, 6.07) is 1.60. The maximum Gasteiger partial charge on any atom is 0.417 e. The van der Waals surface area contributed by atoms with Crippen molar-refractivity contribution in [1.29, 1.82) is 0 Å². The predicted molar refractivity (Wildman–Crippen MR) is 123 cm³/mol. The van der Waals surface area contributed by atoms with Gasteiger partial charge in [-0.05, 0) is 43.2 Å². The molecule has 34 heavy (non-hydrogen) atoms. The van der Waals surface area contributed by atoms with Crippen molar-refractivity contribution < 1.29 is 27.4 Å². The van der Waals surface area contributed by atoms with Crippen molar-refractivity contribution in [3.8, 4) is 0 Å². The normalized spacial score (nSPS) is 27.2. The Balaban J connectivity index is 0.000000751. The Morgan fingerprint density at radius 1 is 1.26 bits per heavy atom. The van der Waals surface area contributed by atoms with E-state index in [1.807, 2.05) is 0 Å². The summed E-state index contributed by atoms with van der Waals surface area (Å²) in [6.45, 7) is 8.48. The molecule has 1 aromatic heterocycles. The number of fused-ring (bicyclic) bond motifs is 1. The van der Waals surface area contributed by atoms with Crippen LogP contribution in [-0.4, -0.2) is 60.8 Å². The molecule has 3 heterocycles. The second-order valence-corrected chi connectivity index (χ2v) is 10.2. The molecule has 4 unspecified atom stereocenters. The van der Waals surface area contributed by atoms with Gasteiger partial charge in [-0.2, -0.15) is 13.2 Å². The lowest BCUT2D eigenvalue weighted by molar-refractivity contribution is -0.137. The van der Waals surface area contributed by atoms with Crippen LogP contribution in [0.5, 0.6) is 0 Å². The fourth-order valence-corrected chi connectivity index (χ4v) is 4.82. The number of methoxy groups -OCH3 is 1. The van der Waals surface area contributed by atoms with Gasteiger partial charge in [0, 0.05) is 63.1 Å². The number of ether oxygens (including phenoxy) is 2. The highest BCUT2D eigenvalue weighted by Crippen LogP contribution is 2.33. The molecule has 1 aromatic rings. The fraction of sp³-hybridized carbons (Fsp3) is 0.760. The number of aromatic nitrogens is 1. The summed E-state index contributed by atoms with van der Waals surface area (Å²) in [6.07, 6.45) is 0.293.